The highest BCUT2D eigenvalue weighted by Gasteiger charge is 2.03. The maximum atomic E-state index is 5.35. The molecule has 2 N–H and O–H groups in total. The van der Waals surface area contributed by atoms with E-state index in [0.717, 1.165) is 5.16 Å². The Hall–Kier alpha value is -1.06. The summed E-state index contributed by atoms with van der Waals surface area (Å²) in [4.78, 5) is 0. The molecule has 0 unspecified atom stereocenters. The highest BCUT2D eigenvalue weighted by Crippen LogP contribution is 2.11. The summed E-state index contributed by atoms with van der Waals surface area (Å²) in [5.74, 6) is 3.07. The summed E-state index contributed by atoms with van der Waals surface area (Å²) in [6.45, 7) is 1.15. The fourth-order valence-electron chi connectivity index (χ4n) is 0.669. The van der Waals surface area contributed by atoms with Crippen LogP contribution in [0.4, 0.5) is 0 Å². The van der Waals surface area contributed by atoms with Crippen molar-refractivity contribution in [2.75, 3.05) is 12.3 Å². The van der Waals surface area contributed by atoms with E-state index in [1.165, 1.54) is 11.8 Å². The minimum absolute atomic E-state index is 0.522. The van der Waals surface area contributed by atoms with Crippen molar-refractivity contribution in [1.82, 2.24) is 20.2 Å². The van der Waals surface area contributed by atoms with Crippen LogP contribution in [0.5, 0.6) is 0 Å². The van der Waals surface area contributed by atoms with E-state index < -0.39 is 0 Å². The Labute approximate surface area is 74.7 Å². The average Bonchev–Trinajstić information content (AvgIpc) is 2.50. The van der Waals surface area contributed by atoms with Gasteiger partial charge in [0.15, 0.2) is 0 Å². The maximum Gasteiger partial charge on any atom is 0.210 e. The van der Waals surface area contributed by atoms with Crippen LogP contribution in [0.25, 0.3) is 0 Å². The van der Waals surface area contributed by atoms with Gasteiger partial charge in [0.2, 0.25) is 5.16 Å². The van der Waals surface area contributed by atoms with Gasteiger partial charge in [-0.1, -0.05) is 17.7 Å². The van der Waals surface area contributed by atoms with E-state index in [0.29, 0.717) is 18.8 Å². The molecule has 0 aliphatic heterocycles. The lowest BCUT2D eigenvalue weighted by Crippen LogP contribution is -2.12. The van der Waals surface area contributed by atoms with Gasteiger partial charge in [-0.05, 0) is 10.4 Å². The molecule has 0 atom stereocenters. The zero-order valence-electron chi connectivity index (χ0n) is 6.47. The molecule has 12 heavy (non-hydrogen) atoms. The van der Waals surface area contributed by atoms with Crippen molar-refractivity contribution in [1.29, 1.82) is 0 Å². The van der Waals surface area contributed by atoms with E-state index in [1.54, 1.807) is 4.68 Å². The first-order valence-electron chi connectivity index (χ1n) is 3.41. The number of hydrogen-bond donors (Lipinski definition) is 1. The molecule has 0 saturated carbocycles. The summed E-state index contributed by atoms with van der Waals surface area (Å²) in [5.41, 5.74) is 5.35. The Balaban J connectivity index is 2.58. The molecule has 0 saturated heterocycles. The molecule has 0 aliphatic rings. The number of aromatic nitrogens is 4. The molecule has 0 amide bonds. The lowest BCUT2D eigenvalue weighted by molar-refractivity contribution is 0.557. The lowest BCUT2D eigenvalue weighted by Gasteiger charge is -1.98. The van der Waals surface area contributed by atoms with Crippen LogP contribution in [0, 0.1) is 12.3 Å². The molecule has 1 heterocycles. The van der Waals surface area contributed by atoms with E-state index in [2.05, 4.69) is 21.4 Å². The van der Waals surface area contributed by atoms with E-state index in [1.807, 2.05) is 0 Å². The van der Waals surface area contributed by atoms with Crippen LogP contribution in [0.15, 0.2) is 5.16 Å². The number of hydrogen-bond acceptors (Lipinski definition) is 5. The molecule has 0 radical (unpaired) electrons. The van der Waals surface area contributed by atoms with Gasteiger partial charge in [0.1, 0.15) is 0 Å². The van der Waals surface area contributed by atoms with E-state index >= 15 is 0 Å². The lowest BCUT2D eigenvalue weighted by atomic mass is 10.7. The van der Waals surface area contributed by atoms with Crippen molar-refractivity contribution >= 4 is 11.8 Å². The minimum atomic E-state index is 0.522. The highest BCUT2D eigenvalue weighted by atomic mass is 32.2. The molecule has 64 valence electrons. The van der Waals surface area contributed by atoms with Gasteiger partial charge in [-0.3, -0.25) is 0 Å². The van der Waals surface area contributed by atoms with Crippen molar-refractivity contribution in [3.05, 3.63) is 0 Å². The highest BCUT2D eigenvalue weighted by molar-refractivity contribution is 7.99. The van der Waals surface area contributed by atoms with Crippen LogP contribution in [-0.2, 0) is 6.54 Å². The summed E-state index contributed by atoms with van der Waals surface area (Å²) in [6, 6.07) is 0. The summed E-state index contributed by atoms with van der Waals surface area (Å²) in [7, 11) is 0. The molecule has 0 spiro atoms. The Morgan fingerprint density at radius 3 is 3.17 bits per heavy atom. The molecule has 1 aromatic heterocycles. The van der Waals surface area contributed by atoms with E-state index in [-0.39, 0.29) is 0 Å². The SMILES string of the molecule is C#CCSc1nnnn1CCN. The number of nitrogens with zero attached hydrogens (tertiary/aromatic N) is 4. The zero-order chi connectivity index (χ0) is 8.81. The van der Waals surface area contributed by atoms with Gasteiger partial charge in [0.05, 0.1) is 12.3 Å². The molecule has 0 aliphatic carbocycles. The molecule has 6 heteroatoms. The summed E-state index contributed by atoms with van der Waals surface area (Å²) in [6.07, 6.45) is 5.10. The maximum absolute atomic E-state index is 5.35. The molecule has 1 aromatic rings. The van der Waals surface area contributed by atoms with Gasteiger partial charge < -0.3 is 5.73 Å². The standard InChI is InChI=1S/C6H9N5S/c1-2-5-12-6-8-9-10-11(6)4-3-7/h1H,3-5,7H2. The van der Waals surface area contributed by atoms with Gasteiger partial charge >= 0.3 is 0 Å². The van der Waals surface area contributed by atoms with Gasteiger partial charge in [0.25, 0.3) is 0 Å². The minimum Gasteiger partial charge on any atom is -0.329 e. The van der Waals surface area contributed by atoms with E-state index in [4.69, 9.17) is 12.2 Å². The van der Waals surface area contributed by atoms with Crippen molar-refractivity contribution < 1.29 is 0 Å². The predicted molar refractivity (Wildman–Crippen MR) is 46.4 cm³/mol. The quantitative estimate of drug-likeness (QED) is 0.496. The van der Waals surface area contributed by atoms with Crippen LogP contribution in [0.3, 0.4) is 0 Å². The third-order valence-electron chi connectivity index (χ3n) is 1.12. The van der Waals surface area contributed by atoms with Gasteiger partial charge in [-0.25, -0.2) is 4.68 Å². The van der Waals surface area contributed by atoms with Crippen LogP contribution in [0.1, 0.15) is 0 Å². The zero-order valence-corrected chi connectivity index (χ0v) is 7.29. The number of tetrazole rings is 1. The molecule has 0 bridgehead atoms. The molecule has 5 nitrogen and oxygen atoms in total. The van der Waals surface area contributed by atoms with Crippen LogP contribution in [0.2, 0.25) is 0 Å². The predicted octanol–water partition coefficient (Wildman–Crippen LogP) is -0.643. The van der Waals surface area contributed by atoms with Crippen molar-refractivity contribution in [2.24, 2.45) is 5.73 Å². The van der Waals surface area contributed by atoms with Crippen LogP contribution >= 0.6 is 11.8 Å². The second-order valence-electron chi connectivity index (χ2n) is 1.97. The number of rotatable bonds is 4. The summed E-state index contributed by atoms with van der Waals surface area (Å²) in [5, 5.41) is 11.8. The van der Waals surface area contributed by atoms with Gasteiger partial charge in [-0.2, -0.15) is 0 Å². The van der Waals surface area contributed by atoms with Crippen molar-refractivity contribution in [2.45, 2.75) is 11.7 Å². The molecular weight excluding hydrogens is 174 g/mol. The molecule has 0 aromatic carbocycles. The second-order valence-corrected chi connectivity index (χ2v) is 2.91. The first-order valence-corrected chi connectivity index (χ1v) is 4.39. The fourth-order valence-corrected chi connectivity index (χ4v) is 1.25. The third-order valence-corrected chi connectivity index (χ3v) is 1.99. The second kappa shape index (κ2) is 4.74. The number of terminal acetylenes is 1. The Morgan fingerprint density at radius 2 is 2.50 bits per heavy atom. The third kappa shape index (κ3) is 2.22. The molecule has 1 rings (SSSR count). The summed E-state index contributed by atoms with van der Waals surface area (Å²) >= 11 is 1.43. The first-order chi connectivity index (χ1) is 5.88. The van der Waals surface area contributed by atoms with Crippen molar-refractivity contribution in [3.8, 4) is 12.3 Å². The normalized spacial score (nSPS) is 9.67. The summed E-state index contributed by atoms with van der Waals surface area (Å²) < 4.78 is 1.64. The Kier molecular flexibility index (Phi) is 3.57. The first kappa shape index (κ1) is 9.03. The van der Waals surface area contributed by atoms with Gasteiger partial charge in [0, 0.05) is 6.54 Å². The molecule has 0 fully saturated rings. The Bertz CT molecular complexity index is 276. The fraction of sp³-hybridized carbons (Fsp3) is 0.500. The topological polar surface area (TPSA) is 69.6 Å². The van der Waals surface area contributed by atoms with Gasteiger partial charge in [-0.15, -0.1) is 11.5 Å². The molecular formula is C6H9N5S. The Morgan fingerprint density at radius 1 is 1.67 bits per heavy atom. The van der Waals surface area contributed by atoms with E-state index in [9.17, 15) is 0 Å². The smallest absolute Gasteiger partial charge is 0.210 e. The number of nitrogens with two attached hydrogens (primary N) is 1. The largest absolute Gasteiger partial charge is 0.329 e. The number of thioether (sulfide) groups is 1. The van der Waals surface area contributed by atoms with Crippen LogP contribution < -0.4 is 5.73 Å². The monoisotopic (exact) mass is 183 g/mol. The van der Waals surface area contributed by atoms with Crippen molar-refractivity contribution in [3.63, 3.8) is 0 Å². The average molecular weight is 183 g/mol. The van der Waals surface area contributed by atoms with Crippen LogP contribution in [-0.4, -0.2) is 32.5 Å².